The van der Waals surface area contributed by atoms with Crippen molar-refractivity contribution in [2.24, 2.45) is 0 Å². The van der Waals surface area contributed by atoms with Crippen molar-refractivity contribution in [2.75, 3.05) is 6.54 Å². The first kappa shape index (κ1) is 21.0. The zero-order valence-corrected chi connectivity index (χ0v) is 19.1. The van der Waals surface area contributed by atoms with Crippen molar-refractivity contribution in [3.05, 3.63) is 126 Å². The molecule has 34 heavy (non-hydrogen) atoms. The van der Waals surface area contributed by atoms with Crippen LogP contribution in [0, 0.1) is 0 Å². The number of hydrogen-bond acceptors (Lipinski definition) is 3. The summed E-state index contributed by atoms with van der Waals surface area (Å²) >= 11 is 0. The zero-order valence-electron chi connectivity index (χ0n) is 19.1. The van der Waals surface area contributed by atoms with E-state index in [1.54, 1.807) is 0 Å². The third-order valence-corrected chi connectivity index (χ3v) is 7.32. The van der Waals surface area contributed by atoms with Crippen LogP contribution in [0.25, 0.3) is 21.5 Å². The average molecular weight is 445 g/mol. The van der Waals surface area contributed by atoms with Gasteiger partial charge in [0, 0.05) is 18.8 Å². The molecule has 1 fully saturated rings. The molecule has 3 nitrogen and oxygen atoms in total. The van der Waals surface area contributed by atoms with Crippen LogP contribution in [0.15, 0.2) is 109 Å². The van der Waals surface area contributed by atoms with E-state index in [2.05, 4.69) is 101 Å². The summed E-state index contributed by atoms with van der Waals surface area (Å²) in [6.07, 6.45) is 3.84. The van der Waals surface area contributed by atoms with Gasteiger partial charge >= 0.3 is 0 Å². The highest BCUT2D eigenvalue weighted by atomic mass is 16.3. The molecule has 1 N–H and O–H groups in total. The van der Waals surface area contributed by atoms with Gasteiger partial charge in [0.25, 0.3) is 0 Å². The van der Waals surface area contributed by atoms with Gasteiger partial charge in [-0.15, -0.1) is 0 Å². The van der Waals surface area contributed by atoms with Crippen molar-refractivity contribution in [2.45, 2.75) is 31.0 Å². The molecule has 0 saturated carbocycles. The highest BCUT2D eigenvalue weighted by Crippen LogP contribution is 2.42. The van der Waals surface area contributed by atoms with Crippen LogP contribution in [0.3, 0.4) is 0 Å². The number of benzene rings is 4. The number of aliphatic hydroxyl groups is 1. The number of likely N-dealkylation sites (tertiary alicyclic amines) is 1. The van der Waals surface area contributed by atoms with Crippen LogP contribution in [0.2, 0.25) is 0 Å². The zero-order chi connectivity index (χ0) is 23.0. The van der Waals surface area contributed by atoms with Gasteiger partial charge in [0.05, 0.1) is 5.69 Å². The standard InChI is InChI=1S/C31H28N2O/c34-31(27-16-14-23-8-1-3-10-25(23)20-27,28-17-15-24-9-2-4-11-26(24)21-28)30-13-7-19-33(30)22-29-12-5-6-18-32-29/h1-6,8-12,14-18,20-21,30,34H,7,13,19,22H2/t30-/m0/s1. The number of rotatable bonds is 5. The fraction of sp³-hybridized carbons (Fsp3) is 0.194. The average Bonchev–Trinajstić information content (AvgIpc) is 3.37. The van der Waals surface area contributed by atoms with Gasteiger partial charge in [-0.3, -0.25) is 9.88 Å². The maximum atomic E-state index is 12.8. The van der Waals surface area contributed by atoms with Crippen molar-refractivity contribution in [1.29, 1.82) is 0 Å². The SMILES string of the molecule is OC(c1ccc2ccccc2c1)(c1ccc2ccccc2c1)[C@@H]1CCCN1Cc1ccccn1. The Balaban J connectivity index is 1.51. The summed E-state index contributed by atoms with van der Waals surface area (Å²) in [4.78, 5) is 6.97. The van der Waals surface area contributed by atoms with E-state index < -0.39 is 5.60 Å². The Hall–Kier alpha value is -3.53. The molecule has 2 heterocycles. The summed E-state index contributed by atoms with van der Waals surface area (Å²) in [5.41, 5.74) is 1.78. The molecule has 0 amide bonds. The number of nitrogens with zero attached hydrogens (tertiary/aromatic N) is 2. The second kappa shape index (κ2) is 8.68. The summed E-state index contributed by atoms with van der Waals surface area (Å²) in [7, 11) is 0. The molecular weight excluding hydrogens is 416 g/mol. The van der Waals surface area contributed by atoms with E-state index in [1.807, 2.05) is 18.3 Å². The largest absolute Gasteiger partial charge is 0.379 e. The van der Waals surface area contributed by atoms with Crippen molar-refractivity contribution in [3.63, 3.8) is 0 Å². The molecule has 1 aliphatic heterocycles. The number of hydrogen-bond donors (Lipinski definition) is 1. The maximum absolute atomic E-state index is 12.8. The first-order valence-corrected chi connectivity index (χ1v) is 12.1. The number of aromatic nitrogens is 1. The van der Waals surface area contributed by atoms with E-state index in [4.69, 9.17) is 0 Å². The third-order valence-electron chi connectivity index (χ3n) is 7.32. The molecule has 1 aliphatic rings. The van der Waals surface area contributed by atoms with Gasteiger partial charge in [-0.25, -0.2) is 0 Å². The molecule has 0 aliphatic carbocycles. The predicted molar refractivity (Wildman–Crippen MR) is 139 cm³/mol. The van der Waals surface area contributed by atoms with Gasteiger partial charge in [-0.2, -0.15) is 0 Å². The second-order valence-corrected chi connectivity index (χ2v) is 9.34. The van der Waals surface area contributed by atoms with Crippen molar-refractivity contribution in [3.8, 4) is 0 Å². The van der Waals surface area contributed by atoms with Crippen molar-refractivity contribution < 1.29 is 5.11 Å². The van der Waals surface area contributed by atoms with E-state index in [0.717, 1.165) is 53.5 Å². The Bertz CT molecular complexity index is 1370. The molecule has 1 aromatic heterocycles. The minimum atomic E-state index is -1.14. The first-order valence-electron chi connectivity index (χ1n) is 12.1. The molecule has 6 rings (SSSR count). The predicted octanol–water partition coefficient (Wildman–Crippen LogP) is 6.29. The molecule has 3 heteroatoms. The van der Waals surface area contributed by atoms with Gasteiger partial charge in [0.2, 0.25) is 0 Å². The maximum Gasteiger partial charge on any atom is 0.130 e. The summed E-state index contributed by atoms with van der Waals surface area (Å²) in [5.74, 6) is 0. The Labute approximate surface area is 200 Å². The van der Waals surface area contributed by atoms with E-state index >= 15 is 0 Å². The van der Waals surface area contributed by atoms with Crippen LogP contribution in [0.1, 0.15) is 29.7 Å². The molecule has 0 radical (unpaired) electrons. The number of pyridine rings is 1. The van der Waals surface area contributed by atoms with Crippen molar-refractivity contribution >= 4 is 21.5 Å². The smallest absolute Gasteiger partial charge is 0.130 e. The van der Waals surface area contributed by atoms with Gasteiger partial charge in [-0.05, 0) is 76.3 Å². The topological polar surface area (TPSA) is 36.4 Å². The lowest BCUT2D eigenvalue weighted by molar-refractivity contribution is -0.00669. The molecule has 168 valence electrons. The molecule has 0 unspecified atom stereocenters. The van der Waals surface area contributed by atoms with Crippen LogP contribution >= 0.6 is 0 Å². The number of fused-ring (bicyclic) bond motifs is 2. The second-order valence-electron chi connectivity index (χ2n) is 9.34. The fourth-order valence-corrected chi connectivity index (χ4v) is 5.59. The fourth-order valence-electron chi connectivity index (χ4n) is 5.59. The molecule has 0 bridgehead atoms. The molecule has 1 saturated heterocycles. The highest BCUT2D eigenvalue weighted by molar-refractivity contribution is 5.85. The van der Waals surface area contributed by atoms with Crippen LogP contribution in [-0.4, -0.2) is 27.6 Å². The molecule has 1 atom stereocenters. The monoisotopic (exact) mass is 444 g/mol. The lowest BCUT2D eigenvalue weighted by atomic mass is 9.78. The van der Waals surface area contributed by atoms with Gasteiger partial charge in [0.15, 0.2) is 0 Å². The Morgan fingerprint density at radius 1 is 0.735 bits per heavy atom. The van der Waals surface area contributed by atoms with Crippen LogP contribution < -0.4 is 0 Å². The van der Waals surface area contributed by atoms with E-state index in [9.17, 15) is 5.11 Å². The van der Waals surface area contributed by atoms with E-state index in [1.165, 1.54) is 10.8 Å². The van der Waals surface area contributed by atoms with E-state index in [-0.39, 0.29) is 6.04 Å². The molecule has 0 spiro atoms. The molecule has 4 aromatic carbocycles. The molecular formula is C31H28N2O. The van der Waals surface area contributed by atoms with Crippen LogP contribution in [-0.2, 0) is 12.1 Å². The van der Waals surface area contributed by atoms with Crippen molar-refractivity contribution in [1.82, 2.24) is 9.88 Å². The Kier molecular flexibility index (Phi) is 5.37. The summed E-state index contributed by atoms with van der Waals surface area (Å²) in [6, 6.07) is 35.6. The molecule has 5 aromatic rings. The quantitative estimate of drug-likeness (QED) is 0.346. The normalized spacial score (nSPS) is 16.9. The van der Waals surface area contributed by atoms with E-state index in [0.29, 0.717) is 0 Å². The Morgan fingerprint density at radius 2 is 1.32 bits per heavy atom. The third kappa shape index (κ3) is 3.67. The summed E-state index contributed by atoms with van der Waals surface area (Å²) in [5, 5.41) is 17.4. The summed E-state index contributed by atoms with van der Waals surface area (Å²) < 4.78 is 0. The van der Waals surface area contributed by atoms with Crippen LogP contribution in [0.5, 0.6) is 0 Å². The van der Waals surface area contributed by atoms with Crippen LogP contribution in [0.4, 0.5) is 0 Å². The first-order chi connectivity index (χ1) is 16.7. The summed E-state index contributed by atoms with van der Waals surface area (Å²) in [6.45, 7) is 1.68. The Morgan fingerprint density at radius 3 is 1.91 bits per heavy atom. The lowest BCUT2D eigenvalue weighted by Gasteiger charge is -2.40. The van der Waals surface area contributed by atoms with Gasteiger partial charge < -0.3 is 5.11 Å². The minimum absolute atomic E-state index is 0.0446. The minimum Gasteiger partial charge on any atom is -0.379 e. The lowest BCUT2D eigenvalue weighted by Crippen LogP contribution is -2.48. The van der Waals surface area contributed by atoms with Gasteiger partial charge in [0.1, 0.15) is 5.60 Å². The highest BCUT2D eigenvalue weighted by Gasteiger charge is 2.45. The van der Waals surface area contributed by atoms with Gasteiger partial charge in [-0.1, -0.05) is 78.9 Å².